The number of hydrogen-bond acceptors (Lipinski definition) is 4. The Kier molecular flexibility index (Phi) is 8.11. The Balaban J connectivity index is 1.55. The number of anilines is 1. The summed E-state index contributed by atoms with van der Waals surface area (Å²) in [5.74, 6) is -0.345. The topological polar surface area (TPSA) is 69.7 Å². The Morgan fingerprint density at radius 1 is 0.889 bits per heavy atom. The van der Waals surface area contributed by atoms with Crippen LogP contribution in [-0.4, -0.2) is 38.9 Å². The molecule has 0 unspecified atom stereocenters. The first-order chi connectivity index (χ1) is 17.3. The van der Waals surface area contributed by atoms with Gasteiger partial charge < -0.3 is 5.32 Å². The molecule has 1 saturated heterocycles. The van der Waals surface area contributed by atoms with Crippen molar-refractivity contribution in [1.82, 2.24) is 10.2 Å². The highest BCUT2D eigenvalue weighted by Crippen LogP contribution is 2.28. The van der Waals surface area contributed by atoms with Gasteiger partial charge in [-0.05, 0) is 87.2 Å². The molecule has 3 aromatic carbocycles. The van der Waals surface area contributed by atoms with Crippen molar-refractivity contribution in [2.75, 3.05) is 23.9 Å². The third-order valence-corrected chi connectivity index (χ3v) is 8.70. The highest BCUT2D eigenvalue weighted by atomic mass is 32.2. The number of carbonyl (C=O) groups excluding carboxylic acids is 1. The highest BCUT2D eigenvalue weighted by molar-refractivity contribution is 7.92. The Morgan fingerprint density at radius 3 is 2.25 bits per heavy atom. The number of benzene rings is 3. The molecule has 1 aliphatic rings. The van der Waals surface area contributed by atoms with E-state index < -0.39 is 10.0 Å². The van der Waals surface area contributed by atoms with Crippen LogP contribution in [0.2, 0.25) is 0 Å². The van der Waals surface area contributed by atoms with Crippen LogP contribution < -0.4 is 9.62 Å². The zero-order chi connectivity index (χ0) is 25.7. The first-order valence-corrected chi connectivity index (χ1v) is 13.9. The summed E-state index contributed by atoms with van der Waals surface area (Å²) in [6.45, 7) is 8.85. The Bertz CT molecular complexity index is 1310. The maximum Gasteiger partial charge on any atom is 0.264 e. The molecule has 1 heterocycles. The smallest absolute Gasteiger partial charge is 0.264 e. The summed E-state index contributed by atoms with van der Waals surface area (Å²) in [7, 11) is -3.95. The third-order valence-electron chi connectivity index (χ3n) is 6.93. The van der Waals surface area contributed by atoms with E-state index in [1.807, 2.05) is 51.1 Å². The molecule has 0 atom stereocenters. The van der Waals surface area contributed by atoms with Crippen molar-refractivity contribution in [3.8, 4) is 0 Å². The van der Waals surface area contributed by atoms with Gasteiger partial charge in [0, 0.05) is 13.1 Å². The van der Waals surface area contributed by atoms with Crippen molar-refractivity contribution in [2.45, 2.75) is 51.6 Å². The summed E-state index contributed by atoms with van der Waals surface area (Å²) in [5, 5.41) is 2.97. The maximum atomic E-state index is 13.7. The van der Waals surface area contributed by atoms with Crippen LogP contribution in [0.1, 0.15) is 40.7 Å². The molecule has 36 heavy (non-hydrogen) atoms. The van der Waals surface area contributed by atoms with E-state index in [1.54, 1.807) is 30.3 Å². The number of likely N-dealkylation sites (tertiary alicyclic amines) is 1. The van der Waals surface area contributed by atoms with Crippen LogP contribution in [0.15, 0.2) is 71.6 Å². The van der Waals surface area contributed by atoms with E-state index in [1.165, 1.54) is 22.7 Å². The Labute approximate surface area is 215 Å². The minimum absolute atomic E-state index is 0.165. The van der Waals surface area contributed by atoms with Crippen LogP contribution in [0.4, 0.5) is 5.69 Å². The number of sulfonamides is 1. The predicted molar refractivity (Wildman–Crippen MR) is 144 cm³/mol. The molecular formula is C29H35N3O3S. The van der Waals surface area contributed by atoms with Crippen molar-refractivity contribution >= 4 is 21.6 Å². The van der Waals surface area contributed by atoms with Crippen molar-refractivity contribution in [3.63, 3.8) is 0 Å². The fourth-order valence-corrected chi connectivity index (χ4v) is 6.07. The van der Waals surface area contributed by atoms with Crippen molar-refractivity contribution in [1.29, 1.82) is 0 Å². The molecule has 4 rings (SSSR count). The van der Waals surface area contributed by atoms with Crippen molar-refractivity contribution < 1.29 is 13.2 Å². The number of carbonyl (C=O) groups is 1. The number of rotatable bonds is 9. The van der Waals surface area contributed by atoms with Gasteiger partial charge in [0.15, 0.2) is 0 Å². The van der Waals surface area contributed by atoms with Gasteiger partial charge in [0.25, 0.3) is 10.0 Å². The summed E-state index contributed by atoms with van der Waals surface area (Å²) in [4.78, 5) is 15.7. The van der Waals surface area contributed by atoms with Gasteiger partial charge in [0.05, 0.1) is 10.6 Å². The number of aryl methyl sites for hydroxylation is 2. The highest BCUT2D eigenvalue weighted by Gasteiger charge is 2.28. The van der Waals surface area contributed by atoms with Crippen molar-refractivity contribution in [3.05, 3.63) is 94.5 Å². The second kappa shape index (κ2) is 11.3. The molecule has 6 nitrogen and oxygen atoms in total. The van der Waals surface area contributed by atoms with Crippen LogP contribution >= 0.6 is 0 Å². The number of nitrogens with zero attached hydrogens (tertiary/aromatic N) is 2. The molecule has 1 fully saturated rings. The fraction of sp³-hybridized carbons (Fsp3) is 0.345. The summed E-state index contributed by atoms with van der Waals surface area (Å²) >= 11 is 0. The third kappa shape index (κ3) is 5.97. The van der Waals surface area contributed by atoms with Gasteiger partial charge in [-0.25, -0.2) is 8.42 Å². The average Bonchev–Trinajstić information content (AvgIpc) is 3.37. The SMILES string of the molecule is Cc1ccc(S(=O)(=O)N(CC(=O)NCc2ccccc2CN2CCCC2)c2cccc(C)c2C)cc1. The van der Waals surface area contributed by atoms with Gasteiger partial charge in [-0.2, -0.15) is 0 Å². The molecule has 0 spiro atoms. The summed E-state index contributed by atoms with van der Waals surface area (Å²) in [6.07, 6.45) is 2.45. The largest absolute Gasteiger partial charge is 0.350 e. The maximum absolute atomic E-state index is 13.7. The molecule has 0 aromatic heterocycles. The molecule has 0 bridgehead atoms. The lowest BCUT2D eigenvalue weighted by Crippen LogP contribution is -2.41. The summed E-state index contributed by atoms with van der Waals surface area (Å²) < 4.78 is 28.6. The van der Waals surface area contributed by atoms with Crippen LogP contribution in [0, 0.1) is 20.8 Å². The lowest BCUT2D eigenvalue weighted by molar-refractivity contribution is -0.119. The quantitative estimate of drug-likeness (QED) is 0.457. The van der Waals surface area contributed by atoms with Crippen LogP contribution in [0.3, 0.4) is 0 Å². The molecule has 190 valence electrons. The molecule has 3 aromatic rings. The lowest BCUT2D eigenvalue weighted by atomic mass is 10.1. The lowest BCUT2D eigenvalue weighted by Gasteiger charge is -2.26. The molecule has 0 saturated carbocycles. The van der Waals surface area contributed by atoms with Gasteiger partial charge >= 0.3 is 0 Å². The minimum Gasteiger partial charge on any atom is -0.350 e. The van der Waals surface area contributed by atoms with E-state index in [4.69, 9.17) is 0 Å². The van der Waals surface area contributed by atoms with Crippen LogP contribution in [-0.2, 0) is 27.9 Å². The Morgan fingerprint density at radius 2 is 1.56 bits per heavy atom. The predicted octanol–water partition coefficient (Wildman–Crippen LogP) is 4.72. The molecule has 1 amide bonds. The number of nitrogens with one attached hydrogen (secondary N) is 1. The fourth-order valence-electron chi connectivity index (χ4n) is 4.59. The van der Waals surface area contributed by atoms with E-state index in [-0.39, 0.29) is 17.3 Å². The van der Waals surface area contributed by atoms with E-state index >= 15 is 0 Å². The van der Waals surface area contributed by atoms with Gasteiger partial charge in [0.1, 0.15) is 6.54 Å². The Hall–Kier alpha value is -3.16. The van der Waals surface area contributed by atoms with Crippen molar-refractivity contribution in [2.24, 2.45) is 0 Å². The molecule has 0 radical (unpaired) electrons. The van der Waals surface area contributed by atoms with E-state index in [2.05, 4.69) is 16.3 Å². The minimum atomic E-state index is -3.95. The van der Waals surface area contributed by atoms with Crippen LogP contribution in [0.25, 0.3) is 0 Å². The normalized spacial score (nSPS) is 14.1. The zero-order valence-corrected chi connectivity index (χ0v) is 22.1. The molecule has 0 aliphatic carbocycles. The average molecular weight is 506 g/mol. The molecule has 1 aliphatic heterocycles. The molecule has 7 heteroatoms. The summed E-state index contributed by atoms with van der Waals surface area (Å²) in [6, 6.07) is 20.4. The van der Waals surface area contributed by atoms with E-state index in [9.17, 15) is 13.2 Å². The van der Waals surface area contributed by atoms with Gasteiger partial charge in [-0.3, -0.25) is 14.0 Å². The van der Waals surface area contributed by atoms with Gasteiger partial charge in [-0.1, -0.05) is 54.1 Å². The molecular weight excluding hydrogens is 470 g/mol. The van der Waals surface area contributed by atoms with Gasteiger partial charge in [-0.15, -0.1) is 0 Å². The number of amides is 1. The van der Waals surface area contributed by atoms with E-state index in [0.717, 1.165) is 41.9 Å². The second-order valence-electron chi connectivity index (χ2n) is 9.57. The second-order valence-corrected chi connectivity index (χ2v) is 11.4. The standard InChI is InChI=1S/C29H35N3O3S/c1-22-13-15-27(16-14-22)36(34,35)32(28-12-8-9-23(2)24(28)3)21-29(33)30-19-25-10-4-5-11-26(25)20-31-17-6-7-18-31/h4-5,8-16H,6-7,17-21H2,1-3H3,(H,30,33). The molecule has 1 N–H and O–H groups in total. The first kappa shape index (κ1) is 25.9. The first-order valence-electron chi connectivity index (χ1n) is 12.5. The zero-order valence-electron chi connectivity index (χ0n) is 21.3. The summed E-state index contributed by atoms with van der Waals surface area (Å²) in [5.41, 5.74) is 5.53. The van der Waals surface area contributed by atoms with Crippen LogP contribution in [0.5, 0.6) is 0 Å². The van der Waals surface area contributed by atoms with E-state index in [0.29, 0.717) is 12.2 Å². The number of hydrogen-bond donors (Lipinski definition) is 1. The van der Waals surface area contributed by atoms with Gasteiger partial charge in [0.2, 0.25) is 5.91 Å². The monoisotopic (exact) mass is 505 g/mol.